The number of thiazole rings is 1. The second-order valence-electron chi connectivity index (χ2n) is 7.90. The molecule has 6 nitrogen and oxygen atoms in total. The van der Waals surface area contributed by atoms with Crippen LogP contribution < -0.4 is 10.6 Å². The highest BCUT2D eigenvalue weighted by Gasteiger charge is 2.29. The predicted octanol–water partition coefficient (Wildman–Crippen LogP) is 3.98. The summed E-state index contributed by atoms with van der Waals surface area (Å²) in [5.41, 5.74) is 2.17. The van der Waals surface area contributed by atoms with Crippen molar-refractivity contribution in [3.05, 3.63) is 40.9 Å². The zero-order valence-electron chi connectivity index (χ0n) is 16.1. The van der Waals surface area contributed by atoms with E-state index in [1.807, 2.05) is 5.38 Å². The molecule has 28 heavy (non-hydrogen) atoms. The van der Waals surface area contributed by atoms with Crippen molar-refractivity contribution in [3.63, 3.8) is 0 Å². The average Bonchev–Trinajstić information content (AvgIpc) is 3.46. The molecule has 148 valence electrons. The summed E-state index contributed by atoms with van der Waals surface area (Å²) in [6.45, 7) is 5.36. The van der Waals surface area contributed by atoms with Gasteiger partial charge in [-0.15, -0.1) is 11.3 Å². The monoisotopic (exact) mass is 398 g/mol. The van der Waals surface area contributed by atoms with Gasteiger partial charge < -0.3 is 5.32 Å². The number of hydrogen-bond acceptors (Lipinski definition) is 5. The molecule has 2 heterocycles. The Morgan fingerprint density at radius 3 is 2.71 bits per heavy atom. The third-order valence-corrected chi connectivity index (χ3v) is 6.18. The van der Waals surface area contributed by atoms with Crippen molar-refractivity contribution >= 4 is 34.0 Å². The van der Waals surface area contributed by atoms with Crippen LogP contribution in [-0.2, 0) is 11.3 Å². The van der Waals surface area contributed by atoms with E-state index < -0.39 is 0 Å². The van der Waals surface area contributed by atoms with Gasteiger partial charge in [-0.3, -0.25) is 19.8 Å². The van der Waals surface area contributed by atoms with E-state index in [0.717, 1.165) is 44.1 Å². The number of amides is 2. The Labute approximate surface area is 169 Å². The molecule has 2 fully saturated rings. The van der Waals surface area contributed by atoms with Crippen molar-refractivity contribution in [1.29, 1.82) is 0 Å². The van der Waals surface area contributed by atoms with Crippen LogP contribution in [0.25, 0.3) is 0 Å². The number of piperidine rings is 1. The number of likely N-dealkylation sites (tertiary alicyclic amines) is 1. The number of nitrogens with one attached hydrogen (secondary N) is 2. The molecule has 0 spiro atoms. The Balaban J connectivity index is 1.33. The maximum atomic E-state index is 12.6. The molecule has 2 amide bonds. The van der Waals surface area contributed by atoms with Crippen LogP contribution in [0.3, 0.4) is 0 Å². The molecule has 1 aromatic heterocycles. The van der Waals surface area contributed by atoms with E-state index >= 15 is 0 Å². The molecule has 0 bridgehead atoms. The minimum absolute atomic E-state index is 0.0363. The molecule has 0 unspecified atom stereocenters. The number of rotatable bonds is 6. The van der Waals surface area contributed by atoms with Gasteiger partial charge in [0, 0.05) is 29.1 Å². The predicted molar refractivity (Wildman–Crippen MR) is 112 cm³/mol. The second kappa shape index (κ2) is 8.41. The Morgan fingerprint density at radius 1 is 1.18 bits per heavy atom. The lowest BCUT2D eigenvalue weighted by Crippen LogP contribution is -2.32. The van der Waals surface area contributed by atoms with Crippen molar-refractivity contribution in [1.82, 2.24) is 9.88 Å². The summed E-state index contributed by atoms with van der Waals surface area (Å²) >= 11 is 1.45. The largest absolute Gasteiger partial charge is 0.326 e. The molecule has 4 rings (SSSR count). The molecule has 0 atom stereocenters. The summed E-state index contributed by atoms with van der Waals surface area (Å²) in [6, 6.07) is 7.03. The maximum absolute atomic E-state index is 12.6. The smallest absolute Gasteiger partial charge is 0.257 e. The fraction of sp³-hybridized carbons (Fsp3) is 0.476. The first-order chi connectivity index (χ1) is 13.6. The van der Waals surface area contributed by atoms with Crippen LogP contribution in [0.5, 0.6) is 0 Å². The standard InChI is InChI=1S/C21H26N4O2S/c1-14-7-9-25(10-8-14)12-18-13-28-21(23-18)24-20(27)16-3-2-4-17(11-16)22-19(26)15-5-6-15/h2-4,11,13-15H,5-10,12H2,1H3,(H,22,26)(H,23,24,27). The van der Waals surface area contributed by atoms with Crippen LogP contribution in [0.1, 0.15) is 48.7 Å². The van der Waals surface area contributed by atoms with Gasteiger partial charge in [0.2, 0.25) is 5.91 Å². The topological polar surface area (TPSA) is 74.3 Å². The molecular formula is C21H26N4O2S. The molecular weight excluding hydrogens is 372 g/mol. The van der Waals surface area contributed by atoms with Gasteiger partial charge in [0.25, 0.3) is 5.91 Å². The summed E-state index contributed by atoms with van der Waals surface area (Å²) in [4.78, 5) is 31.5. The highest BCUT2D eigenvalue weighted by atomic mass is 32.1. The summed E-state index contributed by atoms with van der Waals surface area (Å²) in [5.74, 6) is 0.769. The average molecular weight is 399 g/mol. The lowest BCUT2D eigenvalue weighted by atomic mass is 9.99. The lowest BCUT2D eigenvalue weighted by molar-refractivity contribution is -0.117. The molecule has 7 heteroatoms. The summed E-state index contributed by atoms with van der Waals surface area (Å²) < 4.78 is 0. The van der Waals surface area contributed by atoms with Gasteiger partial charge in [-0.1, -0.05) is 13.0 Å². The first-order valence-electron chi connectivity index (χ1n) is 9.96. The molecule has 1 saturated heterocycles. The van der Waals surface area contributed by atoms with Crippen molar-refractivity contribution in [2.24, 2.45) is 11.8 Å². The van der Waals surface area contributed by atoms with Crippen LogP contribution >= 0.6 is 11.3 Å². The van der Waals surface area contributed by atoms with Gasteiger partial charge in [0.1, 0.15) is 0 Å². The van der Waals surface area contributed by atoms with Gasteiger partial charge in [-0.25, -0.2) is 4.98 Å². The zero-order chi connectivity index (χ0) is 19.5. The number of benzene rings is 1. The molecule has 1 saturated carbocycles. The number of hydrogen-bond donors (Lipinski definition) is 2. The van der Waals surface area contributed by atoms with Crippen LogP contribution in [0.4, 0.5) is 10.8 Å². The third kappa shape index (κ3) is 4.97. The van der Waals surface area contributed by atoms with Crippen LogP contribution in [0, 0.1) is 11.8 Å². The fourth-order valence-electron chi connectivity index (χ4n) is 3.38. The van der Waals surface area contributed by atoms with Crippen molar-refractivity contribution in [3.8, 4) is 0 Å². The van der Waals surface area contributed by atoms with E-state index in [0.29, 0.717) is 16.4 Å². The van der Waals surface area contributed by atoms with E-state index in [1.165, 1.54) is 24.2 Å². The van der Waals surface area contributed by atoms with E-state index in [-0.39, 0.29) is 17.7 Å². The van der Waals surface area contributed by atoms with Gasteiger partial charge >= 0.3 is 0 Å². The van der Waals surface area contributed by atoms with Gasteiger partial charge in [-0.2, -0.15) is 0 Å². The molecule has 0 radical (unpaired) electrons. The van der Waals surface area contributed by atoms with Crippen LogP contribution in [0.2, 0.25) is 0 Å². The Kier molecular flexibility index (Phi) is 5.73. The Bertz CT molecular complexity index is 854. The zero-order valence-corrected chi connectivity index (χ0v) is 16.9. The first kappa shape index (κ1) is 19.1. The number of carbonyl (C=O) groups is 2. The van der Waals surface area contributed by atoms with E-state index in [4.69, 9.17) is 0 Å². The fourth-order valence-corrected chi connectivity index (χ4v) is 4.08. The summed E-state index contributed by atoms with van der Waals surface area (Å²) in [7, 11) is 0. The van der Waals surface area contributed by atoms with Gasteiger partial charge in [0.15, 0.2) is 5.13 Å². The second-order valence-corrected chi connectivity index (χ2v) is 8.76. The molecule has 2 aliphatic rings. The van der Waals surface area contributed by atoms with E-state index in [9.17, 15) is 9.59 Å². The molecule has 1 aliphatic carbocycles. The quantitative estimate of drug-likeness (QED) is 0.772. The van der Waals surface area contributed by atoms with Gasteiger partial charge in [-0.05, 0) is 62.9 Å². The van der Waals surface area contributed by atoms with Gasteiger partial charge in [0.05, 0.1) is 5.69 Å². The molecule has 1 aliphatic heterocycles. The number of anilines is 2. The maximum Gasteiger partial charge on any atom is 0.257 e. The van der Waals surface area contributed by atoms with Crippen molar-refractivity contribution in [2.45, 2.75) is 39.2 Å². The Morgan fingerprint density at radius 2 is 1.96 bits per heavy atom. The first-order valence-corrected chi connectivity index (χ1v) is 10.8. The van der Waals surface area contributed by atoms with Crippen LogP contribution in [0.15, 0.2) is 29.6 Å². The highest BCUT2D eigenvalue weighted by molar-refractivity contribution is 7.14. The highest BCUT2D eigenvalue weighted by Crippen LogP contribution is 2.30. The molecule has 2 aromatic rings. The SMILES string of the molecule is CC1CCN(Cc2csc(NC(=O)c3cccc(NC(=O)C4CC4)c3)n2)CC1. The summed E-state index contributed by atoms with van der Waals surface area (Å²) in [6.07, 6.45) is 4.38. The normalized spacial score (nSPS) is 18.0. The number of nitrogens with zero attached hydrogens (tertiary/aromatic N) is 2. The van der Waals surface area contributed by atoms with Crippen molar-refractivity contribution in [2.75, 3.05) is 23.7 Å². The minimum atomic E-state index is -0.213. The molecule has 1 aromatic carbocycles. The Hall–Kier alpha value is -2.25. The van der Waals surface area contributed by atoms with Crippen molar-refractivity contribution < 1.29 is 9.59 Å². The number of carbonyl (C=O) groups excluding carboxylic acids is 2. The van der Waals surface area contributed by atoms with E-state index in [1.54, 1.807) is 24.3 Å². The summed E-state index contributed by atoms with van der Waals surface area (Å²) in [5, 5.41) is 8.38. The van der Waals surface area contributed by atoms with E-state index in [2.05, 4.69) is 27.4 Å². The molecule has 2 N–H and O–H groups in total. The lowest BCUT2D eigenvalue weighted by Gasteiger charge is -2.29. The minimum Gasteiger partial charge on any atom is -0.326 e. The van der Waals surface area contributed by atoms with Crippen LogP contribution in [-0.4, -0.2) is 34.8 Å². The number of aromatic nitrogens is 1. The third-order valence-electron chi connectivity index (χ3n) is 5.37.